The molecule has 1 aliphatic rings. The van der Waals surface area contributed by atoms with Crippen LogP contribution in [-0.2, 0) is 10.8 Å². The van der Waals surface area contributed by atoms with Crippen molar-refractivity contribution in [2.24, 2.45) is 11.8 Å². The van der Waals surface area contributed by atoms with Gasteiger partial charge in [-0.25, -0.2) is 0 Å². The molecule has 6 heteroatoms. The van der Waals surface area contributed by atoms with Crippen LogP contribution in [0.1, 0.15) is 45.6 Å². The first-order valence-corrected chi connectivity index (χ1v) is 14.5. The van der Waals surface area contributed by atoms with Crippen molar-refractivity contribution < 1.29 is 14.1 Å². The van der Waals surface area contributed by atoms with Gasteiger partial charge in [-0.05, 0) is 73.3 Å². The molecule has 0 saturated heterocycles. The van der Waals surface area contributed by atoms with Gasteiger partial charge in [0.1, 0.15) is 12.4 Å². The molecule has 0 aromatic heterocycles. The predicted molar refractivity (Wildman–Crippen MR) is 132 cm³/mol. The van der Waals surface area contributed by atoms with E-state index in [1.54, 1.807) is 12.1 Å². The fraction of sp³-hybridized carbons (Fsp3) is 0.538. The number of benzene rings is 2. The Morgan fingerprint density at radius 3 is 2.31 bits per heavy atom. The van der Waals surface area contributed by atoms with Gasteiger partial charge in [0, 0.05) is 12.1 Å². The predicted octanol–water partition coefficient (Wildman–Crippen LogP) is 7.02. The molecule has 0 amide bonds. The number of hydrogen-bond acceptors (Lipinski definition) is 4. The average molecular weight is 456 g/mol. The molecular weight excluding hydrogens is 418 g/mol. The Balaban J connectivity index is 1.66. The van der Waals surface area contributed by atoms with Crippen molar-refractivity contribution in [2.45, 2.75) is 70.7 Å². The SMILES string of the molecule is CC(C)(C)[Si](C)(C)O[C@H](COc1ccccc1)[C@H]1CC[C@H](Cc2ccc([N+](=O)[O-])cc2)C1. The lowest BCUT2D eigenvalue weighted by molar-refractivity contribution is -0.384. The molecule has 2 aromatic carbocycles. The van der Waals surface area contributed by atoms with Gasteiger partial charge in [0.25, 0.3) is 5.69 Å². The third kappa shape index (κ3) is 6.42. The second kappa shape index (κ2) is 10.2. The highest BCUT2D eigenvalue weighted by Gasteiger charge is 2.42. The molecule has 0 spiro atoms. The first-order valence-electron chi connectivity index (χ1n) is 11.6. The van der Waals surface area contributed by atoms with Gasteiger partial charge < -0.3 is 9.16 Å². The van der Waals surface area contributed by atoms with E-state index in [-0.39, 0.29) is 21.8 Å². The molecule has 0 radical (unpaired) electrons. The molecule has 0 aliphatic heterocycles. The van der Waals surface area contributed by atoms with E-state index in [9.17, 15) is 10.1 Å². The maximum Gasteiger partial charge on any atom is 0.269 e. The zero-order chi connectivity index (χ0) is 23.4. The molecule has 1 aliphatic carbocycles. The van der Waals surface area contributed by atoms with Gasteiger partial charge >= 0.3 is 0 Å². The van der Waals surface area contributed by atoms with E-state index >= 15 is 0 Å². The summed E-state index contributed by atoms with van der Waals surface area (Å²) < 4.78 is 13.0. The molecular formula is C26H37NO4Si. The van der Waals surface area contributed by atoms with Crippen LogP contribution >= 0.6 is 0 Å². The molecule has 1 fully saturated rings. The number of ether oxygens (including phenoxy) is 1. The molecule has 3 rings (SSSR count). The van der Waals surface area contributed by atoms with Gasteiger partial charge in [-0.1, -0.05) is 51.1 Å². The topological polar surface area (TPSA) is 61.6 Å². The number of rotatable bonds is 9. The van der Waals surface area contributed by atoms with E-state index in [1.165, 1.54) is 5.56 Å². The number of hydrogen-bond donors (Lipinski definition) is 0. The van der Waals surface area contributed by atoms with Crippen molar-refractivity contribution in [3.8, 4) is 5.75 Å². The van der Waals surface area contributed by atoms with Crippen LogP contribution in [0.5, 0.6) is 5.75 Å². The zero-order valence-electron chi connectivity index (χ0n) is 20.0. The molecule has 2 aromatic rings. The summed E-state index contributed by atoms with van der Waals surface area (Å²) in [6.45, 7) is 12.0. The number of nitrogens with zero attached hydrogens (tertiary/aromatic N) is 1. The Bertz CT molecular complexity index is 877. The van der Waals surface area contributed by atoms with Crippen LogP contribution in [0.3, 0.4) is 0 Å². The van der Waals surface area contributed by atoms with E-state index < -0.39 is 8.32 Å². The van der Waals surface area contributed by atoms with E-state index in [1.807, 2.05) is 42.5 Å². The van der Waals surface area contributed by atoms with Crippen molar-refractivity contribution in [1.29, 1.82) is 0 Å². The summed E-state index contributed by atoms with van der Waals surface area (Å²) in [6, 6.07) is 17.0. The van der Waals surface area contributed by atoms with Crippen LogP contribution in [0.2, 0.25) is 18.1 Å². The second-order valence-corrected chi connectivity index (χ2v) is 15.4. The molecule has 5 nitrogen and oxygen atoms in total. The summed E-state index contributed by atoms with van der Waals surface area (Å²) in [5, 5.41) is 11.1. The van der Waals surface area contributed by atoms with Crippen LogP contribution in [0, 0.1) is 22.0 Å². The van der Waals surface area contributed by atoms with Gasteiger partial charge in [-0.3, -0.25) is 10.1 Å². The first kappa shape index (κ1) is 24.5. The summed E-state index contributed by atoms with van der Waals surface area (Å²) in [5.41, 5.74) is 1.32. The summed E-state index contributed by atoms with van der Waals surface area (Å²) >= 11 is 0. The van der Waals surface area contributed by atoms with E-state index in [4.69, 9.17) is 9.16 Å². The van der Waals surface area contributed by atoms with Crippen LogP contribution in [0.25, 0.3) is 0 Å². The van der Waals surface area contributed by atoms with E-state index in [0.29, 0.717) is 18.4 Å². The van der Waals surface area contributed by atoms with Gasteiger partial charge in [0.05, 0.1) is 11.0 Å². The fourth-order valence-electron chi connectivity index (χ4n) is 4.24. The largest absolute Gasteiger partial charge is 0.491 e. The molecule has 0 heterocycles. The third-order valence-electron chi connectivity index (χ3n) is 7.19. The molecule has 0 N–H and O–H groups in total. The Morgan fingerprint density at radius 1 is 1.06 bits per heavy atom. The lowest BCUT2D eigenvalue weighted by Gasteiger charge is -2.41. The number of para-hydroxylation sites is 1. The minimum atomic E-state index is -1.93. The third-order valence-corrected chi connectivity index (χ3v) is 11.7. The lowest BCUT2D eigenvalue weighted by Crippen LogP contribution is -2.47. The zero-order valence-corrected chi connectivity index (χ0v) is 21.0. The Morgan fingerprint density at radius 2 is 1.72 bits per heavy atom. The van der Waals surface area contributed by atoms with Crippen molar-refractivity contribution >= 4 is 14.0 Å². The smallest absolute Gasteiger partial charge is 0.269 e. The highest BCUT2D eigenvalue weighted by Crippen LogP contribution is 2.42. The Hall–Kier alpha value is -2.18. The monoisotopic (exact) mass is 455 g/mol. The van der Waals surface area contributed by atoms with E-state index in [2.05, 4.69) is 33.9 Å². The van der Waals surface area contributed by atoms with Gasteiger partial charge in [0.15, 0.2) is 8.32 Å². The molecule has 3 atom stereocenters. The van der Waals surface area contributed by atoms with Gasteiger partial charge in [0.2, 0.25) is 0 Å². The lowest BCUT2D eigenvalue weighted by atomic mass is 9.95. The summed E-state index contributed by atoms with van der Waals surface area (Å²) in [7, 11) is -1.93. The standard InChI is InChI=1S/C26H37NO4Si/c1-26(2,3)32(4,5)31-25(19-30-24-9-7-6-8-10-24)22-14-11-21(18-22)17-20-12-15-23(16-13-20)27(28)29/h6-10,12-13,15-16,21-22,25H,11,14,17-19H2,1-5H3/t21-,22+,25-/m1/s1. The van der Waals surface area contributed by atoms with Crippen LogP contribution in [0.4, 0.5) is 5.69 Å². The normalized spacial score (nSPS) is 20.2. The molecule has 0 unspecified atom stereocenters. The van der Waals surface area contributed by atoms with Crippen LogP contribution in [-0.4, -0.2) is 26.0 Å². The average Bonchev–Trinajstić information content (AvgIpc) is 3.19. The molecule has 1 saturated carbocycles. The summed E-state index contributed by atoms with van der Waals surface area (Å²) in [5.74, 6) is 1.93. The highest BCUT2D eigenvalue weighted by molar-refractivity contribution is 6.74. The number of nitro groups is 1. The van der Waals surface area contributed by atoms with Crippen molar-refractivity contribution in [1.82, 2.24) is 0 Å². The minimum absolute atomic E-state index is 0.0814. The van der Waals surface area contributed by atoms with Crippen molar-refractivity contribution in [3.05, 3.63) is 70.3 Å². The maximum absolute atomic E-state index is 10.9. The van der Waals surface area contributed by atoms with Gasteiger partial charge in [-0.15, -0.1) is 0 Å². The molecule has 174 valence electrons. The van der Waals surface area contributed by atoms with Crippen molar-refractivity contribution in [3.63, 3.8) is 0 Å². The van der Waals surface area contributed by atoms with Crippen LogP contribution < -0.4 is 4.74 Å². The fourth-order valence-corrected chi connectivity index (χ4v) is 5.61. The molecule has 0 bridgehead atoms. The van der Waals surface area contributed by atoms with Crippen molar-refractivity contribution in [2.75, 3.05) is 6.61 Å². The summed E-state index contributed by atoms with van der Waals surface area (Å²) in [4.78, 5) is 10.6. The second-order valence-electron chi connectivity index (χ2n) is 10.6. The quantitative estimate of drug-likeness (QED) is 0.231. The van der Waals surface area contributed by atoms with E-state index in [0.717, 1.165) is 31.4 Å². The van der Waals surface area contributed by atoms with Crippen LogP contribution in [0.15, 0.2) is 54.6 Å². The number of nitro benzene ring substituents is 1. The Labute approximate surface area is 193 Å². The summed E-state index contributed by atoms with van der Waals surface area (Å²) in [6.07, 6.45) is 4.44. The Kier molecular flexibility index (Phi) is 7.78. The first-order chi connectivity index (χ1) is 15.0. The molecule has 32 heavy (non-hydrogen) atoms. The number of non-ortho nitro benzene ring substituents is 1. The van der Waals surface area contributed by atoms with Gasteiger partial charge in [-0.2, -0.15) is 0 Å². The highest BCUT2D eigenvalue weighted by atomic mass is 28.4. The maximum atomic E-state index is 10.9. The minimum Gasteiger partial charge on any atom is -0.491 e.